The maximum Gasteiger partial charge on any atom is 0.355 e. The number of rotatable bonds is 9. The van der Waals surface area contributed by atoms with E-state index in [2.05, 4.69) is 5.32 Å². The van der Waals surface area contributed by atoms with E-state index in [1.165, 1.54) is 6.07 Å². The molecule has 0 saturated carbocycles. The molecule has 1 aliphatic rings. The third kappa shape index (κ3) is 6.32. The third-order valence-corrected chi connectivity index (χ3v) is 7.28. The van der Waals surface area contributed by atoms with Gasteiger partial charge in [0.25, 0.3) is 0 Å². The highest BCUT2D eigenvalue weighted by Crippen LogP contribution is 2.44. The van der Waals surface area contributed by atoms with Crippen molar-refractivity contribution in [3.8, 4) is 0 Å². The van der Waals surface area contributed by atoms with E-state index in [1.807, 2.05) is 13.8 Å². The summed E-state index contributed by atoms with van der Waals surface area (Å²) in [5, 5.41) is 3.22. The number of hydrogen-bond acceptors (Lipinski definition) is 7. The number of hydrogen-bond donors (Lipinski definition) is 1. The van der Waals surface area contributed by atoms with Gasteiger partial charge in [-0.25, -0.2) is 9.59 Å². The number of aryl methyl sites for hydroxylation is 2. The van der Waals surface area contributed by atoms with E-state index in [9.17, 15) is 19.2 Å². The number of ketones is 2. The molecule has 3 aromatic rings. The molecule has 0 unspecified atom stereocenters. The summed E-state index contributed by atoms with van der Waals surface area (Å²) in [5.41, 5.74) is 1.86. The number of carbonyl (C=O) groups is 4. The molecular weight excluding hydrogens is 577 g/mol. The second-order valence-electron chi connectivity index (χ2n) is 9.63. The van der Waals surface area contributed by atoms with Crippen molar-refractivity contribution < 1.29 is 28.7 Å². The minimum Gasteiger partial charge on any atom is -0.461 e. The smallest absolute Gasteiger partial charge is 0.355 e. The highest BCUT2D eigenvalue weighted by atomic mass is 35.5. The number of esters is 2. The molecule has 1 heterocycles. The number of Topliss-reactive ketones (excluding diaryl/α,β-unsaturated/α-hetero) is 2. The van der Waals surface area contributed by atoms with Gasteiger partial charge in [0.2, 0.25) is 0 Å². The monoisotopic (exact) mass is 605 g/mol. The van der Waals surface area contributed by atoms with E-state index in [0.29, 0.717) is 5.02 Å². The van der Waals surface area contributed by atoms with E-state index in [1.54, 1.807) is 74.5 Å². The van der Waals surface area contributed by atoms with E-state index in [0.717, 1.165) is 11.1 Å². The lowest BCUT2D eigenvalue weighted by Crippen LogP contribution is -2.39. The van der Waals surface area contributed by atoms with Gasteiger partial charge in [0.1, 0.15) is 11.4 Å². The number of benzene rings is 3. The number of dihydropyridines is 1. The SMILES string of the molecule is CCOC(=O)C1=C(C(=O)c2ccc(C)cc2)C(c2ccc(Cl)cc2Cl)C(C(=O)c2ccc(C)cc2)=C(C(=O)OCC)N1. The Bertz CT molecular complexity index is 1530. The zero-order valence-corrected chi connectivity index (χ0v) is 25.1. The van der Waals surface area contributed by atoms with Crippen LogP contribution < -0.4 is 5.32 Å². The van der Waals surface area contributed by atoms with Crippen molar-refractivity contribution in [2.75, 3.05) is 13.2 Å². The Labute approximate surface area is 254 Å². The third-order valence-electron chi connectivity index (χ3n) is 6.72. The second-order valence-corrected chi connectivity index (χ2v) is 10.5. The van der Waals surface area contributed by atoms with Crippen molar-refractivity contribution in [3.63, 3.8) is 0 Å². The molecule has 216 valence electrons. The average Bonchev–Trinajstić information content (AvgIpc) is 2.96. The lowest BCUT2D eigenvalue weighted by atomic mass is 9.74. The molecule has 0 aromatic heterocycles. The van der Waals surface area contributed by atoms with Gasteiger partial charge in [-0.15, -0.1) is 0 Å². The van der Waals surface area contributed by atoms with Crippen LogP contribution in [0.15, 0.2) is 89.3 Å². The van der Waals surface area contributed by atoms with Crippen LogP contribution in [-0.4, -0.2) is 36.7 Å². The first kappa shape index (κ1) is 30.8. The zero-order valence-electron chi connectivity index (χ0n) is 23.5. The Morgan fingerprint density at radius 2 is 1.12 bits per heavy atom. The molecule has 1 aliphatic heterocycles. The van der Waals surface area contributed by atoms with Gasteiger partial charge >= 0.3 is 11.9 Å². The number of nitrogens with one attached hydrogen (secondary N) is 1. The first-order valence-electron chi connectivity index (χ1n) is 13.3. The molecule has 4 rings (SSSR count). The van der Waals surface area contributed by atoms with Gasteiger partial charge in [0.05, 0.1) is 13.2 Å². The summed E-state index contributed by atoms with van der Waals surface area (Å²) in [4.78, 5) is 55.5. The van der Waals surface area contributed by atoms with Crippen LogP contribution in [0.2, 0.25) is 10.0 Å². The topological polar surface area (TPSA) is 98.8 Å². The Hall–Kier alpha value is -4.20. The summed E-state index contributed by atoms with van der Waals surface area (Å²) < 4.78 is 10.6. The van der Waals surface area contributed by atoms with Crippen LogP contribution in [0.5, 0.6) is 0 Å². The molecule has 0 spiro atoms. The van der Waals surface area contributed by atoms with Crippen LogP contribution in [-0.2, 0) is 19.1 Å². The van der Waals surface area contributed by atoms with Gasteiger partial charge in [-0.2, -0.15) is 0 Å². The molecule has 0 bridgehead atoms. The molecule has 0 amide bonds. The van der Waals surface area contributed by atoms with Crippen LogP contribution in [0.3, 0.4) is 0 Å². The van der Waals surface area contributed by atoms with Crippen LogP contribution in [0.4, 0.5) is 0 Å². The maximum absolute atomic E-state index is 14.3. The minimum absolute atomic E-state index is 0.00398. The molecular formula is C33H29Cl2NO6. The largest absolute Gasteiger partial charge is 0.461 e. The standard InChI is InChI=1S/C33H29Cl2NO6/c1-5-41-32(39)28-26(30(37)20-11-7-18(3)8-12-20)25(23-16-15-22(34)17-24(23)35)27(29(36-28)33(40)42-6-2)31(38)21-13-9-19(4)10-14-21/h7-17,25,36H,5-6H2,1-4H3. The molecule has 0 radical (unpaired) electrons. The normalized spacial score (nSPS) is 13.5. The van der Waals surface area contributed by atoms with Gasteiger partial charge in [0, 0.05) is 38.2 Å². The Kier molecular flexibility index (Phi) is 9.66. The predicted octanol–water partition coefficient (Wildman–Crippen LogP) is 6.70. The predicted molar refractivity (Wildman–Crippen MR) is 161 cm³/mol. The summed E-state index contributed by atoms with van der Waals surface area (Å²) in [7, 11) is 0. The van der Waals surface area contributed by atoms with E-state index >= 15 is 0 Å². The Morgan fingerprint density at radius 1 is 0.690 bits per heavy atom. The van der Waals surface area contributed by atoms with Crippen molar-refractivity contribution in [1.29, 1.82) is 0 Å². The molecule has 0 saturated heterocycles. The molecule has 0 aliphatic carbocycles. The average molecular weight is 607 g/mol. The fraction of sp³-hybridized carbons (Fsp3) is 0.212. The Morgan fingerprint density at radius 3 is 1.50 bits per heavy atom. The zero-order chi connectivity index (χ0) is 30.6. The van der Waals surface area contributed by atoms with Crippen molar-refractivity contribution in [3.05, 3.63) is 127 Å². The lowest BCUT2D eigenvalue weighted by Gasteiger charge is -2.32. The number of halogens is 2. The van der Waals surface area contributed by atoms with Crippen molar-refractivity contribution in [2.45, 2.75) is 33.6 Å². The summed E-state index contributed by atoms with van der Waals surface area (Å²) in [5.74, 6) is -4.15. The number of allylic oxidation sites excluding steroid dienone is 2. The van der Waals surface area contributed by atoms with Crippen LogP contribution in [0, 0.1) is 13.8 Å². The fourth-order valence-electron chi connectivity index (χ4n) is 4.68. The van der Waals surface area contributed by atoms with Crippen LogP contribution >= 0.6 is 23.2 Å². The van der Waals surface area contributed by atoms with Gasteiger partial charge in [-0.1, -0.05) is 88.9 Å². The van der Waals surface area contributed by atoms with Crippen LogP contribution in [0.1, 0.15) is 57.2 Å². The quantitative estimate of drug-likeness (QED) is 0.214. The molecule has 1 N–H and O–H groups in total. The highest BCUT2D eigenvalue weighted by molar-refractivity contribution is 6.35. The van der Waals surface area contributed by atoms with E-state index in [4.69, 9.17) is 32.7 Å². The molecule has 0 fully saturated rings. The number of ether oxygens (including phenoxy) is 2. The number of carbonyl (C=O) groups excluding carboxylic acids is 4. The summed E-state index contributed by atoms with van der Waals surface area (Å²) in [6, 6.07) is 18.1. The summed E-state index contributed by atoms with van der Waals surface area (Å²) in [6.45, 7) is 6.98. The fourth-order valence-corrected chi connectivity index (χ4v) is 5.20. The van der Waals surface area contributed by atoms with E-state index in [-0.39, 0.29) is 57.5 Å². The van der Waals surface area contributed by atoms with Gasteiger partial charge in [0.15, 0.2) is 11.6 Å². The van der Waals surface area contributed by atoms with E-state index < -0.39 is 29.4 Å². The maximum atomic E-state index is 14.3. The molecule has 7 nitrogen and oxygen atoms in total. The Balaban J connectivity index is 2.10. The van der Waals surface area contributed by atoms with Gasteiger partial charge in [-0.05, 0) is 45.4 Å². The van der Waals surface area contributed by atoms with Crippen molar-refractivity contribution >= 4 is 46.7 Å². The summed E-state index contributed by atoms with van der Waals surface area (Å²) in [6.07, 6.45) is 0. The minimum atomic E-state index is -1.27. The van der Waals surface area contributed by atoms with Gasteiger partial charge < -0.3 is 14.8 Å². The first-order valence-corrected chi connectivity index (χ1v) is 14.1. The molecule has 42 heavy (non-hydrogen) atoms. The highest BCUT2D eigenvalue weighted by Gasteiger charge is 2.44. The van der Waals surface area contributed by atoms with Gasteiger partial charge in [-0.3, -0.25) is 9.59 Å². The van der Waals surface area contributed by atoms with Crippen molar-refractivity contribution in [2.24, 2.45) is 0 Å². The lowest BCUT2D eigenvalue weighted by molar-refractivity contribution is -0.139. The summed E-state index contributed by atoms with van der Waals surface area (Å²) >= 11 is 12.9. The molecule has 9 heteroatoms. The van der Waals surface area contributed by atoms with Crippen molar-refractivity contribution in [1.82, 2.24) is 5.32 Å². The molecule has 3 aromatic carbocycles. The first-order chi connectivity index (χ1) is 20.1. The van der Waals surface area contributed by atoms with Crippen LogP contribution in [0.25, 0.3) is 0 Å². The molecule has 0 atom stereocenters. The second kappa shape index (κ2) is 13.2.